The Balaban J connectivity index is 2.24. The van der Waals surface area contributed by atoms with Gasteiger partial charge in [-0.3, -0.25) is 0 Å². The number of hydrogen-bond donors (Lipinski definition) is 4. The van der Waals surface area contributed by atoms with Crippen LogP contribution in [0.2, 0.25) is 0 Å². The lowest BCUT2D eigenvalue weighted by molar-refractivity contribution is -0.000515. The highest BCUT2D eigenvalue weighted by molar-refractivity contribution is 5.56. The van der Waals surface area contributed by atoms with Gasteiger partial charge in [0.2, 0.25) is 0 Å². The Kier molecular flexibility index (Phi) is 7.48. The molecule has 0 bridgehead atoms. The Hall–Kier alpha value is -2.74. The van der Waals surface area contributed by atoms with Crippen LogP contribution in [0, 0.1) is 0 Å². The molecule has 0 saturated carbocycles. The lowest BCUT2D eigenvalue weighted by Crippen LogP contribution is -2.29. The average molecular weight is 376 g/mol. The molecule has 0 aliphatic heterocycles. The number of rotatable bonds is 9. The van der Waals surface area contributed by atoms with Crippen LogP contribution in [0.25, 0.3) is 6.08 Å². The maximum atomic E-state index is 10.6. The minimum atomic E-state index is -1.16. The lowest BCUT2D eigenvalue weighted by atomic mass is 10.0. The first-order chi connectivity index (χ1) is 13.0. The van der Waals surface area contributed by atoms with Crippen molar-refractivity contribution in [2.75, 3.05) is 27.4 Å². The Bertz CT molecular complexity index is 773. The molecule has 0 fully saturated rings. The molecule has 0 amide bonds. The predicted molar refractivity (Wildman–Crippen MR) is 100 cm³/mol. The molecule has 0 unspecified atom stereocenters. The molecule has 2 rings (SSSR count). The van der Waals surface area contributed by atoms with E-state index in [1.54, 1.807) is 30.4 Å². The van der Waals surface area contributed by atoms with Crippen LogP contribution in [0.1, 0.15) is 17.2 Å². The lowest BCUT2D eigenvalue weighted by Gasteiger charge is -2.24. The minimum absolute atomic E-state index is 0.0527. The van der Waals surface area contributed by atoms with Crippen molar-refractivity contribution >= 4 is 6.08 Å². The fraction of sp³-hybridized carbons (Fsp3) is 0.300. The summed E-state index contributed by atoms with van der Waals surface area (Å²) >= 11 is 0. The summed E-state index contributed by atoms with van der Waals surface area (Å²) in [5, 5.41) is 38.8. The number of methoxy groups -OCH3 is 2. The van der Waals surface area contributed by atoms with Gasteiger partial charge in [-0.2, -0.15) is 0 Å². The molecule has 2 atom stereocenters. The van der Waals surface area contributed by atoms with E-state index in [9.17, 15) is 15.3 Å². The number of aliphatic hydroxyl groups excluding tert-OH is 3. The summed E-state index contributed by atoms with van der Waals surface area (Å²) in [7, 11) is 2.89. The smallest absolute Gasteiger partial charge is 0.161 e. The van der Waals surface area contributed by atoms with Gasteiger partial charge in [0.1, 0.15) is 6.10 Å². The first kappa shape index (κ1) is 20.6. The molecule has 7 heteroatoms. The van der Waals surface area contributed by atoms with Crippen LogP contribution in [-0.4, -0.2) is 54.0 Å². The third-order valence-corrected chi connectivity index (χ3v) is 3.96. The molecular formula is C20H24O7. The van der Waals surface area contributed by atoms with E-state index < -0.39 is 18.8 Å². The molecule has 0 aliphatic rings. The summed E-state index contributed by atoms with van der Waals surface area (Å²) in [6, 6.07) is 9.53. The fourth-order valence-electron chi connectivity index (χ4n) is 2.53. The molecule has 0 radical (unpaired) electrons. The molecular weight excluding hydrogens is 352 g/mol. The van der Waals surface area contributed by atoms with Crippen LogP contribution < -0.4 is 14.2 Å². The predicted octanol–water partition coefficient (Wildman–Crippen LogP) is 1.89. The van der Waals surface area contributed by atoms with Gasteiger partial charge >= 0.3 is 0 Å². The van der Waals surface area contributed by atoms with Crippen LogP contribution in [0.5, 0.6) is 23.0 Å². The van der Waals surface area contributed by atoms with E-state index in [0.717, 1.165) is 5.56 Å². The van der Waals surface area contributed by atoms with Gasteiger partial charge in [0.15, 0.2) is 29.1 Å². The average Bonchev–Trinajstić information content (AvgIpc) is 2.70. The number of phenols is 1. The summed E-state index contributed by atoms with van der Waals surface area (Å²) < 4.78 is 16.1. The Morgan fingerprint density at radius 1 is 0.963 bits per heavy atom. The van der Waals surface area contributed by atoms with E-state index in [4.69, 9.17) is 19.3 Å². The first-order valence-corrected chi connectivity index (χ1v) is 8.32. The van der Waals surface area contributed by atoms with Crippen molar-refractivity contribution in [3.05, 3.63) is 53.6 Å². The van der Waals surface area contributed by atoms with Crippen LogP contribution >= 0.6 is 0 Å². The van der Waals surface area contributed by atoms with Crippen molar-refractivity contribution in [3.63, 3.8) is 0 Å². The van der Waals surface area contributed by atoms with Crippen LogP contribution in [-0.2, 0) is 0 Å². The van der Waals surface area contributed by atoms with Crippen LogP contribution in [0.4, 0.5) is 0 Å². The van der Waals surface area contributed by atoms with Gasteiger partial charge in [-0.1, -0.05) is 24.3 Å². The summed E-state index contributed by atoms with van der Waals surface area (Å²) in [4.78, 5) is 0. The maximum absolute atomic E-state index is 10.6. The van der Waals surface area contributed by atoms with Gasteiger partial charge in [0, 0.05) is 0 Å². The SMILES string of the molecule is COc1cc([C@H](O)[C@@H](CO)Oc2ccc(/C=C/CO)cc2OC)ccc1O. The first-order valence-electron chi connectivity index (χ1n) is 8.32. The van der Waals surface area contributed by atoms with Crippen molar-refractivity contribution in [3.8, 4) is 23.0 Å². The van der Waals surface area contributed by atoms with Gasteiger partial charge in [0.05, 0.1) is 27.4 Å². The van der Waals surface area contributed by atoms with E-state index in [2.05, 4.69) is 0 Å². The van der Waals surface area contributed by atoms with Gasteiger partial charge < -0.3 is 34.6 Å². The molecule has 2 aromatic rings. The number of ether oxygens (including phenoxy) is 3. The van der Waals surface area contributed by atoms with E-state index in [0.29, 0.717) is 17.1 Å². The zero-order valence-corrected chi connectivity index (χ0v) is 15.2. The molecule has 27 heavy (non-hydrogen) atoms. The molecule has 146 valence electrons. The molecule has 0 spiro atoms. The highest BCUT2D eigenvalue weighted by Crippen LogP contribution is 2.34. The molecule has 0 heterocycles. The number of aliphatic hydroxyl groups is 3. The second-order valence-electron chi connectivity index (χ2n) is 5.71. The largest absolute Gasteiger partial charge is 0.504 e. The number of hydrogen-bond acceptors (Lipinski definition) is 7. The van der Waals surface area contributed by atoms with Crippen LogP contribution in [0.15, 0.2) is 42.5 Å². The molecule has 0 aromatic heterocycles. The van der Waals surface area contributed by atoms with Gasteiger partial charge in [-0.05, 0) is 35.4 Å². The zero-order chi connectivity index (χ0) is 19.8. The second kappa shape index (κ2) is 9.82. The highest BCUT2D eigenvalue weighted by Gasteiger charge is 2.24. The second-order valence-corrected chi connectivity index (χ2v) is 5.71. The van der Waals surface area contributed by atoms with E-state index in [1.165, 1.54) is 32.4 Å². The van der Waals surface area contributed by atoms with Crippen molar-refractivity contribution in [1.82, 2.24) is 0 Å². The summed E-state index contributed by atoms with van der Waals surface area (Å²) in [6.45, 7) is -0.519. The van der Waals surface area contributed by atoms with Crippen LogP contribution in [0.3, 0.4) is 0 Å². The normalized spacial score (nSPS) is 13.4. The number of benzene rings is 2. The summed E-state index contributed by atoms with van der Waals surface area (Å²) in [5.41, 5.74) is 1.22. The standard InChI is InChI=1S/C20H24O7/c1-25-17-11-14(6-7-15(17)23)20(24)19(12-22)27-16-8-5-13(4-3-9-21)10-18(16)26-2/h3-8,10-11,19-24H,9,12H2,1-2H3/b4-3+/t19-,20+/m1/s1. The zero-order valence-electron chi connectivity index (χ0n) is 15.2. The molecule has 7 nitrogen and oxygen atoms in total. The molecule has 0 saturated heterocycles. The van der Waals surface area contributed by atoms with Gasteiger partial charge in [0.25, 0.3) is 0 Å². The monoisotopic (exact) mass is 376 g/mol. The number of aromatic hydroxyl groups is 1. The third-order valence-electron chi connectivity index (χ3n) is 3.96. The van der Waals surface area contributed by atoms with Gasteiger partial charge in [-0.25, -0.2) is 0 Å². The summed E-state index contributed by atoms with van der Waals surface area (Å²) in [6.07, 6.45) is 1.19. The Labute approximate surface area is 157 Å². The Morgan fingerprint density at radius 2 is 1.70 bits per heavy atom. The molecule has 0 aliphatic carbocycles. The van der Waals surface area contributed by atoms with Crippen molar-refractivity contribution < 1.29 is 34.6 Å². The summed E-state index contributed by atoms with van der Waals surface area (Å²) in [5.74, 6) is 0.926. The van der Waals surface area contributed by atoms with E-state index >= 15 is 0 Å². The van der Waals surface area contributed by atoms with Crippen molar-refractivity contribution in [1.29, 1.82) is 0 Å². The fourth-order valence-corrected chi connectivity index (χ4v) is 2.53. The molecule has 2 aromatic carbocycles. The van der Waals surface area contributed by atoms with E-state index in [-0.39, 0.29) is 18.1 Å². The highest BCUT2D eigenvalue weighted by atomic mass is 16.5. The van der Waals surface area contributed by atoms with Crippen molar-refractivity contribution in [2.24, 2.45) is 0 Å². The maximum Gasteiger partial charge on any atom is 0.161 e. The van der Waals surface area contributed by atoms with E-state index in [1.807, 2.05) is 0 Å². The van der Waals surface area contributed by atoms with Gasteiger partial charge in [-0.15, -0.1) is 0 Å². The third kappa shape index (κ3) is 5.13. The Morgan fingerprint density at radius 3 is 2.33 bits per heavy atom. The van der Waals surface area contributed by atoms with Crippen molar-refractivity contribution in [2.45, 2.75) is 12.2 Å². The minimum Gasteiger partial charge on any atom is -0.504 e. The number of phenolic OH excluding ortho intramolecular Hbond substituents is 1. The molecule has 4 N–H and O–H groups in total. The topological polar surface area (TPSA) is 109 Å². The quantitative estimate of drug-likeness (QED) is 0.529.